The second kappa shape index (κ2) is 5.53. The van der Waals surface area contributed by atoms with Crippen LogP contribution in [0.2, 0.25) is 0 Å². The molecule has 2 nitrogen and oxygen atoms in total. The highest BCUT2D eigenvalue weighted by atomic mass is 32.2. The van der Waals surface area contributed by atoms with Crippen molar-refractivity contribution in [1.29, 1.82) is 0 Å². The third-order valence-corrected chi connectivity index (χ3v) is 4.11. The fourth-order valence-electron chi connectivity index (χ4n) is 1.99. The molecule has 2 rings (SSSR count). The fraction of sp³-hybridized carbons (Fsp3) is 0.385. The van der Waals surface area contributed by atoms with Crippen LogP contribution in [0, 0.1) is 0 Å². The summed E-state index contributed by atoms with van der Waals surface area (Å²) in [5, 5.41) is 3.64. The number of nitrogens with zero attached hydrogens (tertiary/aromatic N) is 1. The standard InChI is InChI=1S/C13H18N2S/c1-3-9-15(10-4-2)13-14-11-7-5-6-8-12(11)16-13/h3-6,8,11,13-14H,1-2,7,9-10H2. The largest absolute Gasteiger partial charge is 0.285 e. The summed E-state index contributed by atoms with van der Waals surface area (Å²) in [4.78, 5) is 3.79. The average Bonchev–Trinajstić information content (AvgIpc) is 2.72. The van der Waals surface area contributed by atoms with Crippen LogP contribution < -0.4 is 5.32 Å². The maximum Gasteiger partial charge on any atom is 0.113 e. The van der Waals surface area contributed by atoms with Gasteiger partial charge in [0, 0.05) is 24.0 Å². The Balaban J connectivity index is 2.00. The number of fused-ring (bicyclic) bond motifs is 1. The van der Waals surface area contributed by atoms with Gasteiger partial charge in [0.25, 0.3) is 0 Å². The van der Waals surface area contributed by atoms with Crippen molar-refractivity contribution in [2.45, 2.75) is 18.0 Å². The van der Waals surface area contributed by atoms with Crippen LogP contribution in [-0.2, 0) is 0 Å². The Morgan fingerprint density at radius 1 is 1.44 bits per heavy atom. The molecule has 86 valence electrons. The Bertz CT molecular complexity index is 323. The van der Waals surface area contributed by atoms with Gasteiger partial charge in [-0.1, -0.05) is 42.1 Å². The molecule has 0 saturated carbocycles. The molecule has 1 fully saturated rings. The van der Waals surface area contributed by atoms with E-state index in [1.807, 2.05) is 23.9 Å². The number of nitrogens with one attached hydrogen (secondary N) is 1. The van der Waals surface area contributed by atoms with Gasteiger partial charge in [0.1, 0.15) is 5.50 Å². The summed E-state index contributed by atoms with van der Waals surface area (Å²) in [6, 6.07) is 0.511. The predicted octanol–water partition coefficient (Wildman–Crippen LogP) is 2.49. The smallest absolute Gasteiger partial charge is 0.113 e. The second-order valence-electron chi connectivity index (χ2n) is 3.95. The summed E-state index contributed by atoms with van der Waals surface area (Å²) in [7, 11) is 0. The summed E-state index contributed by atoms with van der Waals surface area (Å²) < 4.78 is 0. The van der Waals surface area contributed by atoms with Crippen LogP contribution in [0.3, 0.4) is 0 Å². The highest BCUT2D eigenvalue weighted by molar-refractivity contribution is 8.03. The van der Waals surface area contributed by atoms with Gasteiger partial charge >= 0.3 is 0 Å². The van der Waals surface area contributed by atoms with Gasteiger partial charge in [-0.05, 0) is 6.42 Å². The van der Waals surface area contributed by atoms with Crippen LogP contribution in [0.25, 0.3) is 0 Å². The minimum Gasteiger partial charge on any atom is -0.285 e. The summed E-state index contributed by atoms with van der Waals surface area (Å²) in [5.41, 5.74) is 0.354. The first-order valence-electron chi connectivity index (χ1n) is 5.60. The fourth-order valence-corrected chi connectivity index (χ4v) is 3.29. The van der Waals surface area contributed by atoms with Gasteiger partial charge in [0.2, 0.25) is 0 Å². The molecule has 1 heterocycles. The minimum absolute atomic E-state index is 0.354. The first-order chi connectivity index (χ1) is 7.85. The lowest BCUT2D eigenvalue weighted by atomic mass is 10.1. The quantitative estimate of drug-likeness (QED) is 0.736. The number of hydrogen-bond acceptors (Lipinski definition) is 3. The molecule has 1 N–H and O–H groups in total. The molecule has 0 aromatic rings. The lowest BCUT2D eigenvalue weighted by Gasteiger charge is -2.25. The summed E-state index contributed by atoms with van der Waals surface area (Å²) in [6.45, 7) is 9.40. The van der Waals surface area contributed by atoms with Gasteiger partial charge in [-0.2, -0.15) is 0 Å². The summed E-state index contributed by atoms with van der Waals surface area (Å²) >= 11 is 1.91. The van der Waals surface area contributed by atoms with E-state index in [4.69, 9.17) is 0 Å². The highest BCUT2D eigenvalue weighted by Gasteiger charge is 2.32. The van der Waals surface area contributed by atoms with Crippen LogP contribution in [-0.4, -0.2) is 29.5 Å². The molecule has 0 spiro atoms. The van der Waals surface area contributed by atoms with Crippen molar-refractivity contribution in [3.63, 3.8) is 0 Å². The molecule has 2 unspecified atom stereocenters. The zero-order chi connectivity index (χ0) is 11.4. The molecular weight excluding hydrogens is 216 g/mol. The van der Waals surface area contributed by atoms with Gasteiger partial charge < -0.3 is 0 Å². The molecule has 3 heteroatoms. The lowest BCUT2D eigenvalue weighted by molar-refractivity contribution is 0.275. The van der Waals surface area contributed by atoms with Gasteiger partial charge in [0.15, 0.2) is 0 Å². The lowest BCUT2D eigenvalue weighted by Crippen LogP contribution is -2.43. The summed E-state index contributed by atoms with van der Waals surface area (Å²) in [5.74, 6) is 0. The van der Waals surface area contributed by atoms with E-state index in [-0.39, 0.29) is 0 Å². The molecule has 0 bridgehead atoms. The maximum absolute atomic E-state index is 3.80. The van der Waals surface area contributed by atoms with E-state index >= 15 is 0 Å². The zero-order valence-corrected chi connectivity index (χ0v) is 10.2. The zero-order valence-electron chi connectivity index (χ0n) is 9.43. The van der Waals surface area contributed by atoms with Crippen molar-refractivity contribution in [2.75, 3.05) is 13.1 Å². The normalized spacial score (nSPS) is 27.7. The van der Waals surface area contributed by atoms with E-state index in [1.54, 1.807) is 0 Å². The van der Waals surface area contributed by atoms with Crippen molar-refractivity contribution in [3.05, 3.63) is 48.4 Å². The molecular formula is C13H18N2S. The van der Waals surface area contributed by atoms with Gasteiger partial charge in [0.05, 0.1) is 0 Å². The third-order valence-electron chi connectivity index (χ3n) is 2.76. The Labute approximate surface area is 102 Å². The Hall–Kier alpha value is -0.770. The Kier molecular flexibility index (Phi) is 4.04. The summed E-state index contributed by atoms with van der Waals surface area (Å²) in [6.07, 6.45) is 11.6. The molecule has 0 aromatic heterocycles. The van der Waals surface area contributed by atoms with Crippen molar-refractivity contribution in [3.8, 4) is 0 Å². The van der Waals surface area contributed by atoms with Crippen LogP contribution in [0.15, 0.2) is 48.4 Å². The number of rotatable bonds is 5. The van der Waals surface area contributed by atoms with E-state index in [0.717, 1.165) is 19.5 Å². The van der Waals surface area contributed by atoms with Crippen molar-refractivity contribution >= 4 is 11.8 Å². The van der Waals surface area contributed by atoms with E-state index in [2.05, 4.69) is 41.6 Å². The van der Waals surface area contributed by atoms with Crippen LogP contribution >= 0.6 is 11.8 Å². The minimum atomic E-state index is 0.354. The number of thioether (sulfide) groups is 1. The van der Waals surface area contributed by atoms with Gasteiger partial charge in [-0.3, -0.25) is 10.2 Å². The topological polar surface area (TPSA) is 15.3 Å². The van der Waals surface area contributed by atoms with Gasteiger partial charge in [-0.25, -0.2) is 0 Å². The molecule has 0 aromatic carbocycles. The molecule has 2 atom stereocenters. The van der Waals surface area contributed by atoms with E-state index in [0.29, 0.717) is 11.5 Å². The van der Waals surface area contributed by atoms with Gasteiger partial charge in [-0.15, -0.1) is 13.2 Å². The Morgan fingerprint density at radius 2 is 2.19 bits per heavy atom. The second-order valence-corrected chi connectivity index (χ2v) is 5.11. The first kappa shape index (κ1) is 11.7. The van der Waals surface area contributed by atoms with Crippen LogP contribution in [0.1, 0.15) is 6.42 Å². The van der Waals surface area contributed by atoms with Crippen LogP contribution in [0.4, 0.5) is 0 Å². The molecule has 0 radical (unpaired) electrons. The molecule has 1 aliphatic heterocycles. The van der Waals surface area contributed by atoms with Crippen molar-refractivity contribution in [2.24, 2.45) is 0 Å². The molecule has 16 heavy (non-hydrogen) atoms. The molecule has 1 aliphatic carbocycles. The first-order valence-corrected chi connectivity index (χ1v) is 6.48. The van der Waals surface area contributed by atoms with E-state index < -0.39 is 0 Å². The predicted molar refractivity (Wildman–Crippen MR) is 72.1 cm³/mol. The highest BCUT2D eigenvalue weighted by Crippen LogP contribution is 2.36. The average molecular weight is 234 g/mol. The van der Waals surface area contributed by atoms with E-state index in [1.165, 1.54) is 4.91 Å². The maximum atomic E-state index is 3.80. The van der Waals surface area contributed by atoms with Crippen LogP contribution in [0.5, 0.6) is 0 Å². The molecule has 1 saturated heterocycles. The monoisotopic (exact) mass is 234 g/mol. The van der Waals surface area contributed by atoms with Crippen molar-refractivity contribution in [1.82, 2.24) is 10.2 Å². The number of allylic oxidation sites excluding steroid dienone is 2. The molecule has 2 aliphatic rings. The molecule has 0 amide bonds. The SMILES string of the molecule is C=CCN(CC=C)C1NC2CC=CC=C2S1. The Morgan fingerprint density at radius 3 is 2.81 bits per heavy atom. The third kappa shape index (κ3) is 2.48. The number of hydrogen-bond donors (Lipinski definition) is 1. The van der Waals surface area contributed by atoms with E-state index in [9.17, 15) is 0 Å². The van der Waals surface area contributed by atoms with Crippen molar-refractivity contribution < 1.29 is 0 Å².